The van der Waals surface area contributed by atoms with Crippen LogP contribution in [0.4, 0.5) is 11.4 Å². The summed E-state index contributed by atoms with van der Waals surface area (Å²) in [5.41, 5.74) is 2.95. The van der Waals surface area contributed by atoms with Crippen LogP contribution in [0.1, 0.15) is 22.8 Å². The molecule has 0 bridgehead atoms. The van der Waals surface area contributed by atoms with Gasteiger partial charge in [-0.25, -0.2) is 0 Å². The maximum Gasteiger partial charge on any atom is 0.255 e. The number of hydrogen-bond donors (Lipinski definition) is 1. The van der Waals surface area contributed by atoms with E-state index in [4.69, 9.17) is 23.2 Å². The molecule has 6 heteroatoms. The molecule has 1 N–H and O–H groups in total. The Morgan fingerprint density at radius 3 is 2.43 bits per heavy atom. The Bertz CT molecular complexity index is 785. The molecule has 118 valence electrons. The van der Waals surface area contributed by atoms with Crippen LogP contribution < -0.4 is 10.2 Å². The lowest BCUT2D eigenvalue weighted by molar-refractivity contribution is -0.116. The predicted molar refractivity (Wildman–Crippen MR) is 92.6 cm³/mol. The van der Waals surface area contributed by atoms with E-state index >= 15 is 0 Å². The Hall–Kier alpha value is -2.04. The van der Waals surface area contributed by atoms with Gasteiger partial charge in [-0.05, 0) is 42.3 Å². The summed E-state index contributed by atoms with van der Waals surface area (Å²) < 4.78 is 0. The molecule has 0 saturated carbocycles. The third kappa shape index (κ3) is 3.33. The standard InChI is InChI=1S/C17H14Cl2N2O2/c1-10(22)21-5-4-11-2-3-15(9-16(11)21)20-17(23)12-6-13(18)8-14(19)7-12/h2-3,6-9H,4-5H2,1H3,(H,20,23). The third-order valence-electron chi connectivity index (χ3n) is 3.74. The zero-order valence-corrected chi connectivity index (χ0v) is 13.9. The highest BCUT2D eigenvalue weighted by Gasteiger charge is 2.22. The smallest absolute Gasteiger partial charge is 0.255 e. The van der Waals surface area contributed by atoms with Crippen LogP contribution in [0, 0.1) is 0 Å². The topological polar surface area (TPSA) is 49.4 Å². The maximum atomic E-state index is 12.3. The monoisotopic (exact) mass is 348 g/mol. The van der Waals surface area contributed by atoms with Crippen molar-refractivity contribution in [3.8, 4) is 0 Å². The number of rotatable bonds is 2. The van der Waals surface area contributed by atoms with Gasteiger partial charge >= 0.3 is 0 Å². The van der Waals surface area contributed by atoms with E-state index in [2.05, 4.69) is 5.32 Å². The number of benzene rings is 2. The molecular weight excluding hydrogens is 335 g/mol. The van der Waals surface area contributed by atoms with E-state index in [-0.39, 0.29) is 11.8 Å². The maximum absolute atomic E-state index is 12.3. The molecule has 1 heterocycles. The number of halogens is 2. The molecule has 0 radical (unpaired) electrons. The van der Waals surface area contributed by atoms with Crippen LogP contribution in [0.2, 0.25) is 10.0 Å². The Morgan fingerprint density at radius 2 is 1.78 bits per heavy atom. The van der Waals surface area contributed by atoms with Crippen LogP contribution in [0.3, 0.4) is 0 Å². The van der Waals surface area contributed by atoms with Gasteiger partial charge < -0.3 is 10.2 Å². The number of amides is 2. The van der Waals surface area contributed by atoms with E-state index in [1.165, 1.54) is 6.92 Å². The second-order valence-electron chi connectivity index (χ2n) is 5.38. The molecule has 0 saturated heterocycles. The van der Waals surface area contributed by atoms with Crippen molar-refractivity contribution >= 4 is 46.4 Å². The van der Waals surface area contributed by atoms with E-state index in [0.717, 1.165) is 17.7 Å². The second-order valence-corrected chi connectivity index (χ2v) is 6.25. The summed E-state index contributed by atoms with van der Waals surface area (Å²) in [7, 11) is 0. The fourth-order valence-electron chi connectivity index (χ4n) is 2.67. The van der Waals surface area contributed by atoms with Gasteiger partial charge in [-0.1, -0.05) is 29.3 Å². The fraction of sp³-hybridized carbons (Fsp3) is 0.176. The van der Waals surface area contributed by atoms with Crippen molar-refractivity contribution in [3.63, 3.8) is 0 Å². The third-order valence-corrected chi connectivity index (χ3v) is 4.18. The van der Waals surface area contributed by atoms with Gasteiger partial charge in [0.15, 0.2) is 0 Å². The molecular formula is C17H14Cl2N2O2. The van der Waals surface area contributed by atoms with Crippen molar-refractivity contribution in [2.45, 2.75) is 13.3 Å². The molecule has 2 aromatic rings. The number of anilines is 2. The summed E-state index contributed by atoms with van der Waals surface area (Å²) in [6.07, 6.45) is 0.826. The predicted octanol–water partition coefficient (Wildman–Crippen LogP) is 4.15. The first-order valence-corrected chi connectivity index (χ1v) is 7.88. The largest absolute Gasteiger partial charge is 0.322 e. The first-order chi connectivity index (χ1) is 10.9. The van der Waals surface area contributed by atoms with Crippen LogP contribution >= 0.6 is 23.2 Å². The molecule has 1 aliphatic rings. The SMILES string of the molecule is CC(=O)N1CCc2ccc(NC(=O)c3cc(Cl)cc(Cl)c3)cc21. The van der Waals surface area contributed by atoms with Gasteiger partial charge in [0.2, 0.25) is 5.91 Å². The van der Waals surface area contributed by atoms with E-state index in [1.54, 1.807) is 23.1 Å². The lowest BCUT2D eigenvalue weighted by Crippen LogP contribution is -2.25. The highest BCUT2D eigenvalue weighted by molar-refractivity contribution is 6.35. The number of carbonyl (C=O) groups excluding carboxylic acids is 2. The van der Waals surface area contributed by atoms with Crippen molar-refractivity contribution in [3.05, 3.63) is 57.6 Å². The number of hydrogen-bond acceptors (Lipinski definition) is 2. The number of nitrogens with one attached hydrogen (secondary N) is 1. The van der Waals surface area contributed by atoms with Gasteiger partial charge in [-0.15, -0.1) is 0 Å². The second kappa shape index (κ2) is 6.22. The van der Waals surface area contributed by atoms with Crippen LogP contribution in [-0.4, -0.2) is 18.4 Å². The van der Waals surface area contributed by atoms with E-state index in [0.29, 0.717) is 27.8 Å². The van der Waals surface area contributed by atoms with Crippen LogP contribution in [-0.2, 0) is 11.2 Å². The summed E-state index contributed by atoms with van der Waals surface area (Å²) in [6, 6.07) is 10.2. The van der Waals surface area contributed by atoms with Crippen molar-refractivity contribution in [2.24, 2.45) is 0 Å². The van der Waals surface area contributed by atoms with Gasteiger partial charge in [0.05, 0.1) is 0 Å². The lowest BCUT2D eigenvalue weighted by atomic mass is 10.1. The molecule has 0 aliphatic carbocycles. The summed E-state index contributed by atoms with van der Waals surface area (Å²) >= 11 is 11.8. The Balaban J connectivity index is 1.85. The summed E-state index contributed by atoms with van der Waals surface area (Å²) in [5.74, 6) is -0.310. The lowest BCUT2D eigenvalue weighted by Gasteiger charge is -2.16. The van der Waals surface area contributed by atoms with Crippen molar-refractivity contribution in [1.82, 2.24) is 0 Å². The van der Waals surface area contributed by atoms with Gasteiger partial charge in [-0.2, -0.15) is 0 Å². The molecule has 0 spiro atoms. The van der Waals surface area contributed by atoms with E-state index < -0.39 is 0 Å². The van der Waals surface area contributed by atoms with Crippen molar-refractivity contribution in [1.29, 1.82) is 0 Å². The zero-order chi connectivity index (χ0) is 16.6. The van der Waals surface area contributed by atoms with Crippen molar-refractivity contribution in [2.75, 3.05) is 16.8 Å². The van der Waals surface area contributed by atoms with Gasteiger partial charge in [0.25, 0.3) is 5.91 Å². The zero-order valence-electron chi connectivity index (χ0n) is 12.4. The van der Waals surface area contributed by atoms with Crippen LogP contribution in [0.25, 0.3) is 0 Å². The minimum absolute atomic E-state index is 0.00569. The first-order valence-electron chi connectivity index (χ1n) is 7.12. The Kier molecular flexibility index (Phi) is 4.28. The average Bonchev–Trinajstić information content (AvgIpc) is 2.89. The minimum atomic E-state index is -0.304. The number of fused-ring (bicyclic) bond motifs is 1. The normalized spacial score (nSPS) is 12.9. The Labute approximate surface area is 144 Å². The first kappa shape index (κ1) is 15.8. The van der Waals surface area contributed by atoms with Gasteiger partial charge in [0, 0.05) is 40.5 Å². The van der Waals surface area contributed by atoms with Crippen LogP contribution in [0.15, 0.2) is 36.4 Å². The molecule has 0 aromatic heterocycles. The molecule has 4 nitrogen and oxygen atoms in total. The van der Waals surface area contributed by atoms with Gasteiger partial charge in [0.1, 0.15) is 0 Å². The molecule has 2 amide bonds. The molecule has 0 fully saturated rings. The summed E-state index contributed by atoms with van der Waals surface area (Å²) in [5, 5.41) is 3.61. The molecule has 23 heavy (non-hydrogen) atoms. The van der Waals surface area contributed by atoms with Gasteiger partial charge in [-0.3, -0.25) is 9.59 Å². The fourth-order valence-corrected chi connectivity index (χ4v) is 3.20. The molecule has 0 unspecified atom stereocenters. The average molecular weight is 349 g/mol. The van der Waals surface area contributed by atoms with Crippen LogP contribution in [0.5, 0.6) is 0 Å². The number of nitrogens with zero attached hydrogens (tertiary/aromatic N) is 1. The highest BCUT2D eigenvalue weighted by Crippen LogP contribution is 2.31. The summed E-state index contributed by atoms with van der Waals surface area (Å²) in [4.78, 5) is 25.7. The molecule has 1 aliphatic heterocycles. The van der Waals surface area contributed by atoms with Crippen molar-refractivity contribution < 1.29 is 9.59 Å². The van der Waals surface area contributed by atoms with E-state index in [9.17, 15) is 9.59 Å². The Morgan fingerprint density at radius 1 is 1.09 bits per heavy atom. The van der Waals surface area contributed by atoms with E-state index in [1.807, 2.05) is 18.2 Å². The summed E-state index contributed by atoms with van der Waals surface area (Å²) in [6.45, 7) is 2.21. The highest BCUT2D eigenvalue weighted by atomic mass is 35.5. The quantitative estimate of drug-likeness (QED) is 0.885. The number of carbonyl (C=O) groups is 2. The molecule has 3 rings (SSSR count). The molecule has 0 atom stereocenters. The molecule has 2 aromatic carbocycles. The minimum Gasteiger partial charge on any atom is -0.322 e.